The first-order valence-corrected chi connectivity index (χ1v) is 7.28. The van der Waals surface area contributed by atoms with Crippen LogP contribution in [0.3, 0.4) is 0 Å². The van der Waals surface area contributed by atoms with Crippen LogP contribution in [0.2, 0.25) is 0 Å². The maximum Gasteiger partial charge on any atom is 0.228 e. The van der Waals surface area contributed by atoms with Gasteiger partial charge in [0.05, 0.1) is 12.0 Å². The molecule has 1 saturated heterocycles. The van der Waals surface area contributed by atoms with Gasteiger partial charge in [-0.25, -0.2) is 0 Å². The van der Waals surface area contributed by atoms with Crippen molar-refractivity contribution >= 4 is 5.91 Å². The zero-order valence-corrected chi connectivity index (χ0v) is 12.8. The Balaban J connectivity index is 2.85. The Hall–Kier alpha value is -0.570. The van der Waals surface area contributed by atoms with Crippen molar-refractivity contribution < 1.29 is 9.53 Å². The van der Waals surface area contributed by atoms with E-state index in [-0.39, 0.29) is 17.9 Å². The first kappa shape index (κ1) is 15.5. The summed E-state index contributed by atoms with van der Waals surface area (Å²) in [6, 6.07) is 0.786. The number of likely N-dealkylation sites (tertiary alicyclic amines) is 1. The molecule has 1 rings (SSSR count). The molecule has 1 heterocycles. The van der Waals surface area contributed by atoms with Gasteiger partial charge in [0, 0.05) is 19.2 Å². The summed E-state index contributed by atoms with van der Waals surface area (Å²) in [4.78, 5) is 14.9. The predicted molar refractivity (Wildman–Crippen MR) is 74.4 cm³/mol. The largest absolute Gasteiger partial charge is 0.381 e. The van der Waals surface area contributed by atoms with Gasteiger partial charge in [-0.3, -0.25) is 4.79 Å². The van der Waals surface area contributed by atoms with Gasteiger partial charge in [-0.15, -0.1) is 0 Å². The van der Waals surface area contributed by atoms with Crippen LogP contribution in [-0.2, 0) is 9.53 Å². The number of hydrogen-bond acceptors (Lipinski definition) is 2. The van der Waals surface area contributed by atoms with Crippen LogP contribution in [0.4, 0.5) is 0 Å². The summed E-state index contributed by atoms with van der Waals surface area (Å²) in [6.07, 6.45) is 3.12. The third-order valence-corrected chi connectivity index (χ3v) is 4.43. The maximum absolute atomic E-state index is 12.7. The number of hydrogen-bond donors (Lipinski definition) is 0. The van der Waals surface area contributed by atoms with Gasteiger partial charge >= 0.3 is 0 Å². The van der Waals surface area contributed by atoms with Gasteiger partial charge in [0.1, 0.15) is 0 Å². The van der Waals surface area contributed by atoms with Gasteiger partial charge in [0.25, 0.3) is 0 Å². The number of nitrogens with zero attached hydrogens (tertiary/aromatic N) is 1. The number of amides is 1. The molecular formula is C15H29NO2. The minimum Gasteiger partial charge on any atom is -0.381 e. The molecule has 0 saturated carbocycles. The molecule has 0 radical (unpaired) electrons. The van der Waals surface area contributed by atoms with Crippen molar-refractivity contribution in [2.75, 3.05) is 7.11 Å². The summed E-state index contributed by atoms with van der Waals surface area (Å²) < 4.78 is 5.37. The lowest BCUT2D eigenvalue weighted by Gasteiger charge is -2.35. The standard InChI is InChI=1S/C15H29NO2/c1-7-13(12(5)18-6)15(17)16-11(4)8-9-14(16)10(2)3/h10-14H,7-9H2,1-6H3/t11?,12?,13-,14-/m0/s1. The zero-order chi connectivity index (χ0) is 13.9. The maximum atomic E-state index is 12.7. The molecule has 1 fully saturated rings. The molecule has 0 aromatic carbocycles. The van der Waals surface area contributed by atoms with E-state index in [9.17, 15) is 4.79 Å². The van der Waals surface area contributed by atoms with Crippen molar-refractivity contribution in [3.63, 3.8) is 0 Å². The lowest BCUT2D eigenvalue weighted by atomic mass is 9.96. The Morgan fingerprint density at radius 2 is 1.94 bits per heavy atom. The van der Waals surface area contributed by atoms with Crippen LogP contribution in [0.15, 0.2) is 0 Å². The Kier molecular flexibility index (Phi) is 5.64. The lowest BCUT2D eigenvalue weighted by molar-refractivity contribution is -0.143. The van der Waals surface area contributed by atoms with Crippen LogP contribution in [0.5, 0.6) is 0 Å². The van der Waals surface area contributed by atoms with Gasteiger partial charge < -0.3 is 9.64 Å². The Morgan fingerprint density at radius 1 is 1.33 bits per heavy atom. The fraction of sp³-hybridized carbons (Fsp3) is 0.933. The Bertz CT molecular complexity index is 278. The minimum absolute atomic E-state index is 0.00288. The van der Waals surface area contributed by atoms with Gasteiger partial charge in [-0.05, 0) is 39.0 Å². The lowest BCUT2D eigenvalue weighted by Crippen LogP contribution is -2.47. The van der Waals surface area contributed by atoms with Gasteiger partial charge in [-0.1, -0.05) is 20.8 Å². The monoisotopic (exact) mass is 255 g/mol. The molecule has 1 aliphatic rings. The van der Waals surface area contributed by atoms with Crippen LogP contribution in [0.25, 0.3) is 0 Å². The fourth-order valence-corrected chi connectivity index (χ4v) is 3.12. The third-order valence-electron chi connectivity index (χ3n) is 4.43. The highest BCUT2D eigenvalue weighted by atomic mass is 16.5. The van der Waals surface area contributed by atoms with E-state index >= 15 is 0 Å². The van der Waals surface area contributed by atoms with E-state index < -0.39 is 0 Å². The summed E-state index contributed by atoms with van der Waals surface area (Å²) in [7, 11) is 1.69. The smallest absolute Gasteiger partial charge is 0.228 e. The fourth-order valence-electron chi connectivity index (χ4n) is 3.12. The molecule has 0 bridgehead atoms. The average Bonchev–Trinajstić information content (AvgIpc) is 2.71. The van der Waals surface area contributed by atoms with Crippen LogP contribution in [0.1, 0.15) is 53.9 Å². The summed E-state index contributed by atoms with van der Waals surface area (Å²) in [6.45, 7) is 10.7. The molecule has 18 heavy (non-hydrogen) atoms. The first-order valence-electron chi connectivity index (χ1n) is 7.28. The van der Waals surface area contributed by atoms with E-state index in [1.54, 1.807) is 7.11 Å². The summed E-state index contributed by atoms with van der Waals surface area (Å²) in [5, 5.41) is 0. The normalized spacial score (nSPS) is 27.6. The number of methoxy groups -OCH3 is 1. The van der Waals surface area contributed by atoms with Crippen molar-refractivity contribution in [3.05, 3.63) is 0 Å². The molecule has 0 N–H and O–H groups in total. The molecule has 0 aromatic heterocycles. The Morgan fingerprint density at radius 3 is 2.39 bits per heavy atom. The topological polar surface area (TPSA) is 29.5 Å². The van der Waals surface area contributed by atoms with E-state index in [1.807, 2.05) is 6.92 Å². The Labute approximate surface area is 112 Å². The molecule has 1 amide bonds. The van der Waals surface area contributed by atoms with Crippen LogP contribution >= 0.6 is 0 Å². The number of carbonyl (C=O) groups excluding carboxylic acids is 1. The molecule has 2 unspecified atom stereocenters. The minimum atomic E-state index is -0.00296. The number of carbonyl (C=O) groups is 1. The van der Waals surface area contributed by atoms with E-state index in [0.29, 0.717) is 18.0 Å². The SMILES string of the molecule is CC[C@H](C(=O)N1C(C)CC[C@H]1C(C)C)C(C)OC. The highest BCUT2D eigenvalue weighted by molar-refractivity contribution is 5.80. The van der Waals surface area contributed by atoms with E-state index in [4.69, 9.17) is 4.74 Å². The third kappa shape index (κ3) is 3.05. The quantitative estimate of drug-likeness (QED) is 0.755. The second-order valence-corrected chi connectivity index (χ2v) is 5.94. The van der Waals surface area contributed by atoms with Crippen LogP contribution in [-0.4, -0.2) is 36.1 Å². The van der Waals surface area contributed by atoms with Crippen molar-refractivity contribution in [2.45, 2.75) is 72.1 Å². The van der Waals surface area contributed by atoms with Gasteiger partial charge in [-0.2, -0.15) is 0 Å². The molecule has 3 heteroatoms. The van der Waals surface area contributed by atoms with Gasteiger partial charge in [0.15, 0.2) is 0 Å². The molecule has 4 atom stereocenters. The highest BCUT2D eigenvalue weighted by Gasteiger charge is 2.39. The van der Waals surface area contributed by atoms with E-state index in [2.05, 4.69) is 32.6 Å². The summed E-state index contributed by atoms with van der Waals surface area (Å²) >= 11 is 0. The molecule has 106 valence electrons. The van der Waals surface area contributed by atoms with Crippen molar-refractivity contribution in [1.82, 2.24) is 4.90 Å². The molecule has 0 spiro atoms. The van der Waals surface area contributed by atoms with E-state index in [0.717, 1.165) is 19.3 Å². The second kappa shape index (κ2) is 6.55. The molecule has 1 aliphatic heterocycles. The van der Waals surface area contributed by atoms with Gasteiger partial charge in [0.2, 0.25) is 5.91 Å². The molecule has 0 aliphatic carbocycles. The van der Waals surface area contributed by atoms with E-state index in [1.165, 1.54) is 0 Å². The van der Waals surface area contributed by atoms with Crippen LogP contribution < -0.4 is 0 Å². The van der Waals surface area contributed by atoms with Crippen molar-refractivity contribution in [1.29, 1.82) is 0 Å². The number of rotatable bonds is 5. The predicted octanol–water partition coefficient (Wildman–Crippen LogP) is 3.08. The second-order valence-electron chi connectivity index (χ2n) is 5.94. The summed E-state index contributed by atoms with van der Waals surface area (Å²) in [5.74, 6) is 0.821. The first-order chi connectivity index (χ1) is 8.43. The van der Waals surface area contributed by atoms with Crippen molar-refractivity contribution in [3.8, 4) is 0 Å². The van der Waals surface area contributed by atoms with Crippen LogP contribution in [0, 0.1) is 11.8 Å². The molecular weight excluding hydrogens is 226 g/mol. The molecule has 3 nitrogen and oxygen atoms in total. The van der Waals surface area contributed by atoms with Crippen molar-refractivity contribution in [2.24, 2.45) is 11.8 Å². The number of ether oxygens (including phenoxy) is 1. The highest BCUT2D eigenvalue weighted by Crippen LogP contribution is 2.31. The average molecular weight is 255 g/mol. The zero-order valence-electron chi connectivity index (χ0n) is 12.8. The summed E-state index contributed by atoms with van der Waals surface area (Å²) in [5.41, 5.74) is 0. The molecule has 0 aromatic rings.